The molecule has 0 aromatic heterocycles. The van der Waals surface area contributed by atoms with Crippen LogP contribution in [0.5, 0.6) is 0 Å². The molecule has 0 amide bonds. The Morgan fingerprint density at radius 3 is 2.68 bits per heavy atom. The number of fused-ring (bicyclic) bond motifs is 1. The van der Waals surface area contributed by atoms with Gasteiger partial charge in [0.05, 0.1) is 6.61 Å². The maximum absolute atomic E-state index is 12.8. The summed E-state index contributed by atoms with van der Waals surface area (Å²) in [6, 6.07) is 0. The van der Waals surface area contributed by atoms with Crippen molar-refractivity contribution in [2.75, 3.05) is 6.61 Å². The van der Waals surface area contributed by atoms with Crippen LogP contribution in [0, 0.1) is 0 Å². The van der Waals surface area contributed by atoms with Crippen LogP contribution in [0.25, 0.3) is 0 Å². The second-order valence-electron chi connectivity index (χ2n) is 6.27. The number of epoxide rings is 1. The number of aliphatic carboxylic acids is 1. The minimum atomic E-state index is -1.23. The topological polar surface area (TPSA) is 107 Å². The minimum Gasteiger partial charge on any atom is -0.478 e. The molecule has 1 heterocycles. The number of aliphatic hydroxyl groups is 2. The lowest BCUT2D eigenvalue weighted by Gasteiger charge is -2.23. The Balaban J connectivity index is 2.27. The van der Waals surface area contributed by atoms with Gasteiger partial charge in [0.1, 0.15) is 12.2 Å². The predicted octanol–water partition coefficient (Wildman–Crippen LogP) is 1.69. The fraction of sp³-hybridized carbons (Fsp3) is 0.474. The maximum atomic E-state index is 12.8. The Kier molecular flexibility index (Phi) is 6.11. The quantitative estimate of drug-likeness (QED) is 0.350. The van der Waals surface area contributed by atoms with Gasteiger partial charge in [-0.25, -0.2) is 4.79 Å². The number of unbranched alkanes of at least 4 members (excludes halogenated alkanes) is 1. The molecule has 0 radical (unpaired) electrons. The number of ketones is 1. The van der Waals surface area contributed by atoms with Gasteiger partial charge in [0.25, 0.3) is 0 Å². The lowest BCUT2D eigenvalue weighted by Crippen LogP contribution is -2.40. The monoisotopic (exact) mass is 348 g/mol. The smallest absolute Gasteiger partial charge is 0.330 e. The van der Waals surface area contributed by atoms with Crippen LogP contribution in [0.2, 0.25) is 0 Å². The second kappa shape index (κ2) is 7.91. The molecule has 0 bridgehead atoms. The number of carboxylic acid groups (broad SMARTS) is 1. The van der Waals surface area contributed by atoms with Gasteiger partial charge in [-0.05, 0) is 18.9 Å². The van der Waals surface area contributed by atoms with Gasteiger partial charge in [-0.1, -0.05) is 43.7 Å². The number of carbonyl (C=O) groups excluding carboxylic acids is 1. The summed E-state index contributed by atoms with van der Waals surface area (Å²) in [7, 11) is 0. The molecule has 2 aliphatic rings. The average Bonchev–Trinajstić information content (AvgIpc) is 3.33. The fourth-order valence-corrected chi connectivity index (χ4v) is 2.91. The largest absolute Gasteiger partial charge is 0.478 e. The first kappa shape index (κ1) is 19.3. The molecule has 6 nitrogen and oxygen atoms in total. The van der Waals surface area contributed by atoms with Crippen molar-refractivity contribution in [3.8, 4) is 0 Å². The van der Waals surface area contributed by atoms with Crippen molar-refractivity contribution in [2.45, 2.75) is 50.9 Å². The number of Topliss-reactive ketones (excluding diaryl/α,β-unsaturated/α-hetero) is 1. The second-order valence-corrected chi connectivity index (χ2v) is 6.27. The zero-order chi connectivity index (χ0) is 18.6. The van der Waals surface area contributed by atoms with Gasteiger partial charge in [0.15, 0.2) is 11.4 Å². The summed E-state index contributed by atoms with van der Waals surface area (Å²) in [4.78, 5) is 23.8. The number of aliphatic hydroxyl groups excluding tert-OH is 2. The molecule has 0 aromatic rings. The molecular weight excluding hydrogens is 324 g/mol. The van der Waals surface area contributed by atoms with Crippen molar-refractivity contribution in [1.82, 2.24) is 0 Å². The first-order valence-electron chi connectivity index (χ1n) is 8.36. The van der Waals surface area contributed by atoms with Gasteiger partial charge in [-0.15, -0.1) is 0 Å². The summed E-state index contributed by atoms with van der Waals surface area (Å²) in [5.41, 5.74) is -0.655. The van der Waals surface area contributed by atoms with E-state index in [0.29, 0.717) is 0 Å². The molecule has 25 heavy (non-hydrogen) atoms. The van der Waals surface area contributed by atoms with Crippen LogP contribution in [-0.2, 0) is 14.3 Å². The zero-order valence-electron chi connectivity index (χ0n) is 14.4. The molecule has 2 rings (SSSR count). The lowest BCUT2D eigenvalue weighted by atomic mass is 9.79. The van der Waals surface area contributed by atoms with Crippen molar-refractivity contribution < 1.29 is 29.6 Å². The van der Waals surface area contributed by atoms with E-state index >= 15 is 0 Å². The van der Waals surface area contributed by atoms with Crippen LogP contribution >= 0.6 is 0 Å². The average molecular weight is 348 g/mol. The highest BCUT2D eigenvalue weighted by molar-refractivity contribution is 6.08. The molecule has 1 saturated heterocycles. The summed E-state index contributed by atoms with van der Waals surface area (Å²) >= 11 is 0. The van der Waals surface area contributed by atoms with Crippen LogP contribution in [0.15, 0.2) is 47.1 Å². The molecule has 0 aromatic carbocycles. The zero-order valence-corrected chi connectivity index (χ0v) is 14.4. The Labute approximate surface area is 146 Å². The van der Waals surface area contributed by atoms with Crippen molar-refractivity contribution in [3.05, 3.63) is 47.1 Å². The molecule has 1 aliphatic carbocycles. The van der Waals surface area contributed by atoms with E-state index in [0.717, 1.165) is 12.8 Å². The molecule has 1 aliphatic heterocycles. The molecular formula is C19H24O6. The highest BCUT2D eigenvalue weighted by Crippen LogP contribution is 2.50. The van der Waals surface area contributed by atoms with Crippen molar-refractivity contribution in [3.63, 3.8) is 0 Å². The molecule has 0 spiro atoms. The first-order chi connectivity index (χ1) is 11.9. The van der Waals surface area contributed by atoms with Crippen molar-refractivity contribution in [2.24, 2.45) is 0 Å². The predicted molar refractivity (Wildman–Crippen MR) is 91.9 cm³/mol. The Hall–Kier alpha value is -2.02. The van der Waals surface area contributed by atoms with Crippen molar-refractivity contribution in [1.29, 1.82) is 0 Å². The number of carboxylic acids is 1. The van der Waals surface area contributed by atoms with Crippen LogP contribution in [0.4, 0.5) is 0 Å². The van der Waals surface area contributed by atoms with E-state index in [1.54, 1.807) is 12.2 Å². The van der Waals surface area contributed by atoms with E-state index < -0.39 is 30.4 Å². The SMILES string of the molecule is CCC/C=C/C=C/C1=C(CO)[C@H](O)[C@@H]2O[C@]2(C/C=C(\C)C(=O)O)C1=O. The van der Waals surface area contributed by atoms with Crippen LogP contribution in [0.3, 0.4) is 0 Å². The van der Waals surface area contributed by atoms with E-state index in [1.165, 1.54) is 13.0 Å². The van der Waals surface area contributed by atoms with E-state index in [2.05, 4.69) is 6.92 Å². The molecule has 0 unspecified atom stereocenters. The number of carbonyl (C=O) groups is 2. The molecule has 3 N–H and O–H groups in total. The fourth-order valence-electron chi connectivity index (χ4n) is 2.91. The van der Waals surface area contributed by atoms with Gasteiger partial charge < -0.3 is 20.1 Å². The standard InChI is InChI=1S/C19H24O6/c1-3-4-5-6-7-8-13-14(11-20)15(21)17-19(25-17,16(13)22)10-9-12(2)18(23)24/h5-9,15,17,20-21H,3-4,10-11H2,1-2H3,(H,23,24)/b6-5+,8-7+,12-9+/t15-,17-,19+/m0/s1. The van der Waals surface area contributed by atoms with E-state index in [1.807, 2.05) is 12.2 Å². The number of hydrogen-bond acceptors (Lipinski definition) is 5. The van der Waals surface area contributed by atoms with Gasteiger partial charge in [0, 0.05) is 17.6 Å². The van der Waals surface area contributed by atoms with E-state index in [-0.39, 0.29) is 28.9 Å². The third kappa shape index (κ3) is 3.81. The number of allylic oxidation sites excluding steroid dienone is 4. The van der Waals surface area contributed by atoms with Crippen molar-refractivity contribution >= 4 is 11.8 Å². The highest BCUT2D eigenvalue weighted by atomic mass is 16.6. The summed E-state index contributed by atoms with van der Waals surface area (Å²) < 4.78 is 5.49. The maximum Gasteiger partial charge on any atom is 0.330 e. The molecule has 3 atom stereocenters. The Bertz CT molecular complexity index is 669. The summed E-state index contributed by atoms with van der Waals surface area (Å²) in [5.74, 6) is -1.40. The minimum absolute atomic E-state index is 0.0768. The summed E-state index contributed by atoms with van der Waals surface area (Å²) in [6.45, 7) is 3.06. The number of rotatable bonds is 8. The van der Waals surface area contributed by atoms with E-state index in [4.69, 9.17) is 9.84 Å². The van der Waals surface area contributed by atoms with E-state index in [9.17, 15) is 19.8 Å². The summed E-state index contributed by atoms with van der Waals surface area (Å²) in [6.07, 6.45) is 8.65. The lowest BCUT2D eigenvalue weighted by molar-refractivity contribution is -0.132. The van der Waals surface area contributed by atoms with Gasteiger partial charge in [0.2, 0.25) is 0 Å². The molecule has 6 heteroatoms. The Morgan fingerprint density at radius 2 is 2.08 bits per heavy atom. The molecule has 0 saturated carbocycles. The highest BCUT2D eigenvalue weighted by Gasteiger charge is 2.67. The number of ether oxygens (including phenoxy) is 1. The summed E-state index contributed by atoms with van der Waals surface area (Å²) in [5, 5.41) is 28.8. The van der Waals surface area contributed by atoms with Crippen LogP contribution < -0.4 is 0 Å². The molecule has 136 valence electrons. The van der Waals surface area contributed by atoms with Gasteiger partial charge in [-0.2, -0.15) is 0 Å². The molecule has 1 fully saturated rings. The first-order valence-corrected chi connectivity index (χ1v) is 8.36. The van der Waals surface area contributed by atoms with Crippen LogP contribution in [0.1, 0.15) is 33.1 Å². The Morgan fingerprint density at radius 1 is 1.36 bits per heavy atom. The van der Waals surface area contributed by atoms with Gasteiger partial charge in [-0.3, -0.25) is 4.79 Å². The van der Waals surface area contributed by atoms with Crippen LogP contribution in [-0.4, -0.2) is 51.5 Å². The van der Waals surface area contributed by atoms with Gasteiger partial charge >= 0.3 is 5.97 Å². The normalized spacial score (nSPS) is 29.6. The number of hydrogen-bond donors (Lipinski definition) is 3. The third-order valence-electron chi connectivity index (χ3n) is 4.54. The third-order valence-corrected chi connectivity index (χ3v) is 4.54.